The highest BCUT2D eigenvalue weighted by Gasteiger charge is 2.27. The zero-order valence-corrected chi connectivity index (χ0v) is 11.2. The van der Waals surface area contributed by atoms with E-state index in [-0.39, 0.29) is 0 Å². The Morgan fingerprint density at radius 1 is 1.00 bits per heavy atom. The lowest BCUT2D eigenvalue weighted by molar-refractivity contribution is -0.125. The molecule has 2 nitrogen and oxygen atoms in total. The van der Waals surface area contributed by atoms with E-state index in [9.17, 15) is 4.79 Å². The van der Waals surface area contributed by atoms with Crippen LogP contribution in [0.1, 0.15) is 58.3 Å². The molecule has 1 aliphatic heterocycles. The molecule has 0 aromatic carbocycles. The van der Waals surface area contributed by atoms with Crippen LogP contribution < -0.4 is 5.32 Å². The van der Waals surface area contributed by atoms with Crippen LogP contribution in [0, 0.1) is 17.8 Å². The third-order valence-corrected chi connectivity index (χ3v) is 4.83. The van der Waals surface area contributed by atoms with Crippen LogP contribution in [0.15, 0.2) is 0 Å². The van der Waals surface area contributed by atoms with Gasteiger partial charge < -0.3 is 5.32 Å². The van der Waals surface area contributed by atoms with E-state index < -0.39 is 0 Å². The van der Waals surface area contributed by atoms with Crippen molar-refractivity contribution >= 4 is 5.78 Å². The van der Waals surface area contributed by atoms with Crippen LogP contribution in [0.5, 0.6) is 0 Å². The largest absolute Gasteiger partial charge is 0.317 e. The summed E-state index contributed by atoms with van der Waals surface area (Å²) in [7, 11) is 0. The fourth-order valence-electron chi connectivity index (χ4n) is 3.43. The van der Waals surface area contributed by atoms with Crippen molar-refractivity contribution < 1.29 is 4.79 Å². The minimum absolute atomic E-state index is 0.410. The van der Waals surface area contributed by atoms with Crippen LogP contribution in [-0.2, 0) is 4.79 Å². The van der Waals surface area contributed by atoms with E-state index in [2.05, 4.69) is 12.2 Å². The Bertz CT molecular complexity index is 237. The van der Waals surface area contributed by atoms with Gasteiger partial charge >= 0.3 is 0 Å². The molecule has 1 heterocycles. The standard InChI is InChI=1S/C15H27NO/c1-2-12-3-5-14(6-4-12)15(17)11-13-7-9-16-10-8-13/h12-14,16H,2-11H2,1H3. The van der Waals surface area contributed by atoms with Gasteiger partial charge in [0.1, 0.15) is 5.78 Å². The van der Waals surface area contributed by atoms with Crippen LogP contribution in [0.4, 0.5) is 0 Å². The molecule has 17 heavy (non-hydrogen) atoms. The van der Waals surface area contributed by atoms with E-state index in [1.165, 1.54) is 44.9 Å². The summed E-state index contributed by atoms with van der Waals surface area (Å²) in [5, 5.41) is 3.37. The summed E-state index contributed by atoms with van der Waals surface area (Å²) in [5.74, 6) is 2.56. The number of ketones is 1. The van der Waals surface area contributed by atoms with Crippen LogP contribution in [0.25, 0.3) is 0 Å². The molecule has 1 N–H and O–H groups in total. The van der Waals surface area contributed by atoms with Gasteiger partial charge in [0.2, 0.25) is 0 Å². The van der Waals surface area contributed by atoms with Gasteiger partial charge in [-0.3, -0.25) is 4.79 Å². The molecule has 2 fully saturated rings. The maximum atomic E-state index is 12.2. The smallest absolute Gasteiger partial charge is 0.136 e. The third-order valence-electron chi connectivity index (χ3n) is 4.83. The lowest BCUT2D eigenvalue weighted by Gasteiger charge is -2.29. The number of carbonyl (C=O) groups is 1. The number of rotatable bonds is 4. The molecule has 2 heteroatoms. The topological polar surface area (TPSA) is 29.1 Å². The molecular formula is C15H27NO. The molecule has 0 unspecified atom stereocenters. The van der Waals surface area contributed by atoms with E-state index in [1.54, 1.807) is 0 Å². The maximum Gasteiger partial charge on any atom is 0.136 e. The number of Topliss-reactive ketones (excluding diaryl/α,β-unsaturated/α-hetero) is 1. The molecule has 1 saturated heterocycles. The van der Waals surface area contributed by atoms with Crippen molar-refractivity contribution in [2.24, 2.45) is 17.8 Å². The van der Waals surface area contributed by atoms with E-state index in [4.69, 9.17) is 0 Å². The summed E-state index contributed by atoms with van der Waals surface area (Å²) in [6, 6.07) is 0. The minimum atomic E-state index is 0.410. The molecule has 0 atom stereocenters. The first-order valence-corrected chi connectivity index (χ1v) is 7.53. The first kappa shape index (κ1) is 13.1. The lowest BCUT2D eigenvalue weighted by Crippen LogP contribution is -2.31. The van der Waals surface area contributed by atoms with E-state index in [1.807, 2.05) is 0 Å². The molecule has 0 aromatic heterocycles. The number of hydrogen-bond acceptors (Lipinski definition) is 2. The fourth-order valence-corrected chi connectivity index (χ4v) is 3.43. The first-order valence-electron chi connectivity index (χ1n) is 7.53. The lowest BCUT2D eigenvalue weighted by atomic mass is 9.77. The summed E-state index contributed by atoms with van der Waals surface area (Å²) in [5.41, 5.74) is 0. The summed E-state index contributed by atoms with van der Waals surface area (Å²) in [6.07, 6.45) is 9.49. The summed E-state index contributed by atoms with van der Waals surface area (Å²) < 4.78 is 0. The van der Waals surface area contributed by atoms with Gasteiger partial charge in [0.15, 0.2) is 0 Å². The highest BCUT2D eigenvalue weighted by molar-refractivity contribution is 5.81. The average Bonchev–Trinajstić information content (AvgIpc) is 2.40. The van der Waals surface area contributed by atoms with Crippen molar-refractivity contribution in [3.63, 3.8) is 0 Å². The predicted molar refractivity (Wildman–Crippen MR) is 71.0 cm³/mol. The van der Waals surface area contributed by atoms with Gasteiger partial charge in [0.25, 0.3) is 0 Å². The second kappa shape index (κ2) is 6.53. The Morgan fingerprint density at radius 3 is 2.24 bits per heavy atom. The van der Waals surface area contributed by atoms with Gasteiger partial charge in [0.05, 0.1) is 0 Å². The van der Waals surface area contributed by atoms with E-state index in [0.29, 0.717) is 17.6 Å². The molecule has 98 valence electrons. The molecule has 0 bridgehead atoms. The molecule has 0 radical (unpaired) electrons. The van der Waals surface area contributed by atoms with Crippen LogP contribution >= 0.6 is 0 Å². The van der Waals surface area contributed by atoms with Crippen molar-refractivity contribution in [2.75, 3.05) is 13.1 Å². The molecule has 2 rings (SSSR count). The molecule has 2 aliphatic rings. The Hall–Kier alpha value is -0.370. The van der Waals surface area contributed by atoms with Crippen molar-refractivity contribution in [1.29, 1.82) is 0 Å². The highest BCUT2D eigenvalue weighted by Crippen LogP contribution is 2.32. The van der Waals surface area contributed by atoms with Crippen LogP contribution in [-0.4, -0.2) is 18.9 Å². The molecule has 1 saturated carbocycles. The van der Waals surface area contributed by atoms with Gasteiger partial charge in [-0.05, 0) is 63.5 Å². The average molecular weight is 237 g/mol. The monoisotopic (exact) mass is 237 g/mol. The quantitative estimate of drug-likeness (QED) is 0.813. The van der Waals surface area contributed by atoms with Crippen LogP contribution in [0.2, 0.25) is 0 Å². The Balaban J connectivity index is 1.72. The van der Waals surface area contributed by atoms with Gasteiger partial charge in [-0.25, -0.2) is 0 Å². The number of piperidine rings is 1. The second-order valence-electron chi connectivity index (χ2n) is 5.99. The van der Waals surface area contributed by atoms with E-state index >= 15 is 0 Å². The van der Waals surface area contributed by atoms with Crippen molar-refractivity contribution in [3.05, 3.63) is 0 Å². The first-order chi connectivity index (χ1) is 8.29. The number of carbonyl (C=O) groups excluding carboxylic acids is 1. The van der Waals surface area contributed by atoms with Crippen molar-refractivity contribution in [2.45, 2.75) is 58.3 Å². The van der Waals surface area contributed by atoms with Crippen molar-refractivity contribution in [1.82, 2.24) is 5.32 Å². The molecule has 0 amide bonds. The normalized spacial score (nSPS) is 31.4. The maximum absolute atomic E-state index is 12.2. The second-order valence-corrected chi connectivity index (χ2v) is 5.99. The van der Waals surface area contributed by atoms with Gasteiger partial charge in [-0.15, -0.1) is 0 Å². The summed E-state index contributed by atoms with van der Waals surface area (Å²) in [4.78, 5) is 12.2. The number of nitrogens with one attached hydrogen (secondary N) is 1. The third kappa shape index (κ3) is 3.80. The molecule has 0 spiro atoms. The Labute approximate surface area is 106 Å². The zero-order valence-electron chi connectivity index (χ0n) is 11.2. The molecule has 1 aliphatic carbocycles. The summed E-state index contributed by atoms with van der Waals surface area (Å²) in [6.45, 7) is 4.50. The highest BCUT2D eigenvalue weighted by atomic mass is 16.1. The number of hydrogen-bond donors (Lipinski definition) is 1. The van der Waals surface area contributed by atoms with Gasteiger partial charge in [0, 0.05) is 12.3 Å². The predicted octanol–water partition coefficient (Wildman–Crippen LogP) is 3.16. The zero-order chi connectivity index (χ0) is 12.1. The van der Waals surface area contributed by atoms with Gasteiger partial charge in [-0.1, -0.05) is 13.3 Å². The van der Waals surface area contributed by atoms with E-state index in [0.717, 1.165) is 25.4 Å². The van der Waals surface area contributed by atoms with Crippen molar-refractivity contribution in [3.8, 4) is 0 Å². The molecule has 0 aromatic rings. The fraction of sp³-hybridized carbons (Fsp3) is 0.933. The minimum Gasteiger partial charge on any atom is -0.317 e. The SMILES string of the molecule is CCC1CCC(C(=O)CC2CCNCC2)CC1. The summed E-state index contributed by atoms with van der Waals surface area (Å²) >= 11 is 0. The van der Waals surface area contributed by atoms with Gasteiger partial charge in [-0.2, -0.15) is 0 Å². The molecular weight excluding hydrogens is 210 g/mol. The van der Waals surface area contributed by atoms with Crippen LogP contribution in [0.3, 0.4) is 0 Å². The Morgan fingerprint density at radius 2 is 1.65 bits per heavy atom. The Kier molecular flexibility index (Phi) is 5.02.